The van der Waals surface area contributed by atoms with Crippen LogP contribution in [0.15, 0.2) is 39.8 Å². The number of sulfonamides is 1. The SMILES string of the molecule is CC(=O)Nc1ccc(S(=O)(=O)N(CCC(C)C)CC(=O)Nc2cc(C)on2)cc1. The zero-order chi connectivity index (χ0) is 21.6. The van der Waals surface area contributed by atoms with E-state index in [1.165, 1.54) is 31.2 Å². The predicted molar refractivity (Wildman–Crippen MR) is 109 cm³/mol. The van der Waals surface area contributed by atoms with Crippen molar-refractivity contribution in [1.29, 1.82) is 0 Å². The van der Waals surface area contributed by atoms with Crippen LogP contribution in [-0.4, -0.2) is 42.8 Å². The lowest BCUT2D eigenvalue weighted by atomic mass is 10.1. The number of hydrogen-bond acceptors (Lipinski definition) is 6. The van der Waals surface area contributed by atoms with Gasteiger partial charge in [-0.3, -0.25) is 9.59 Å². The molecule has 2 N–H and O–H groups in total. The fourth-order valence-corrected chi connectivity index (χ4v) is 3.93. The minimum Gasteiger partial charge on any atom is -0.360 e. The third-order valence-electron chi connectivity index (χ3n) is 3.98. The summed E-state index contributed by atoms with van der Waals surface area (Å²) in [5.41, 5.74) is 0.490. The summed E-state index contributed by atoms with van der Waals surface area (Å²) in [6.45, 7) is 6.85. The zero-order valence-electron chi connectivity index (χ0n) is 16.9. The molecule has 0 saturated heterocycles. The van der Waals surface area contributed by atoms with E-state index in [1.807, 2.05) is 13.8 Å². The molecule has 29 heavy (non-hydrogen) atoms. The minimum absolute atomic E-state index is 0.0421. The molecular formula is C19H26N4O5S. The van der Waals surface area contributed by atoms with Gasteiger partial charge in [0.15, 0.2) is 5.82 Å². The Hall–Kier alpha value is -2.72. The van der Waals surface area contributed by atoms with Crippen LogP contribution in [0, 0.1) is 12.8 Å². The Morgan fingerprint density at radius 1 is 1.17 bits per heavy atom. The van der Waals surface area contributed by atoms with Gasteiger partial charge in [-0.05, 0) is 43.5 Å². The summed E-state index contributed by atoms with van der Waals surface area (Å²) in [6, 6.07) is 7.37. The highest BCUT2D eigenvalue weighted by Gasteiger charge is 2.27. The topological polar surface area (TPSA) is 122 Å². The molecule has 0 aliphatic carbocycles. The molecule has 0 saturated carbocycles. The molecule has 2 aromatic rings. The molecule has 1 heterocycles. The van der Waals surface area contributed by atoms with Crippen molar-refractivity contribution in [2.45, 2.75) is 39.0 Å². The number of benzene rings is 1. The van der Waals surface area contributed by atoms with Crippen molar-refractivity contribution in [3.8, 4) is 0 Å². The number of nitrogens with zero attached hydrogens (tertiary/aromatic N) is 2. The molecule has 1 aromatic carbocycles. The molecule has 0 fully saturated rings. The van der Waals surface area contributed by atoms with E-state index in [1.54, 1.807) is 13.0 Å². The third kappa shape index (κ3) is 6.68. The molecule has 0 aliphatic rings. The molecule has 0 atom stereocenters. The first kappa shape index (κ1) is 22.6. The number of carbonyl (C=O) groups excluding carboxylic acids is 2. The summed E-state index contributed by atoms with van der Waals surface area (Å²) < 4.78 is 32.2. The molecule has 0 bridgehead atoms. The minimum atomic E-state index is -3.91. The second kappa shape index (κ2) is 9.66. The van der Waals surface area contributed by atoms with Crippen LogP contribution in [0.2, 0.25) is 0 Å². The molecule has 0 aliphatic heterocycles. The van der Waals surface area contributed by atoms with Crippen LogP contribution in [0.1, 0.15) is 33.0 Å². The maximum atomic E-state index is 13.1. The Morgan fingerprint density at radius 2 is 1.83 bits per heavy atom. The van der Waals surface area contributed by atoms with Gasteiger partial charge in [-0.15, -0.1) is 0 Å². The van der Waals surface area contributed by atoms with Gasteiger partial charge in [-0.1, -0.05) is 19.0 Å². The average molecular weight is 423 g/mol. The van der Waals surface area contributed by atoms with E-state index in [-0.39, 0.29) is 35.6 Å². The van der Waals surface area contributed by atoms with Gasteiger partial charge in [-0.25, -0.2) is 8.42 Å². The van der Waals surface area contributed by atoms with E-state index >= 15 is 0 Å². The van der Waals surface area contributed by atoms with Gasteiger partial charge < -0.3 is 15.2 Å². The fourth-order valence-electron chi connectivity index (χ4n) is 2.52. The number of hydrogen-bond donors (Lipinski definition) is 2. The van der Waals surface area contributed by atoms with Gasteiger partial charge in [-0.2, -0.15) is 4.31 Å². The van der Waals surface area contributed by atoms with E-state index in [2.05, 4.69) is 15.8 Å². The molecular weight excluding hydrogens is 396 g/mol. The van der Waals surface area contributed by atoms with E-state index in [4.69, 9.17) is 4.52 Å². The highest BCUT2D eigenvalue weighted by Crippen LogP contribution is 2.20. The summed E-state index contributed by atoms with van der Waals surface area (Å²) in [5.74, 6) is 0.257. The van der Waals surface area contributed by atoms with Crippen LogP contribution in [0.25, 0.3) is 0 Å². The lowest BCUT2D eigenvalue weighted by molar-refractivity contribution is -0.116. The van der Waals surface area contributed by atoms with Crippen molar-refractivity contribution in [3.63, 3.8) is 0 Å². The number of rotatable bonds is 9. The number of carbonyl (C=O) groups is 2. The van der Waals surface area contributed by atoms with Gasteiger partial charge in [0.1, 0.15) is 5.76 Å². The average Bonchev–Trinajstić information content (AvgIpc) is 3.02. The summed E-state index contributed by atoms with van der Waals surface area (Å²) >= 11 is 0. The summed E-state index contributed by atoms with van der Waals surface area (Å²) in [7, 11) is -3.91. The highest BCUT2D eigenvalue weighted by molar-refractivity contribution is 7.89. The summed E-state index contributed by atoms with van der Waals surface area (Å²) in [4.78, 5) is 23.6. The van der Waals surface area contributed by atoms with Crippen LogP contribution in [0.4, 0.5) is 11.5 Å². The summed E-state index contributed by atoms with van der Waals surface area (Å²) in [6.07, 6.45) is 0.597. The second-order valence-electron chi connectivity index (χ2n) is 7.10. The Morgan fingerprint density at radius 3 is 2.34 bits per heavy atom. The number of nitrogens with one attached hydrogen (secondary N) is 2. The van der Waals surface area contributed by atoms with Gasteiger partial charge >= 0.3 is 0 Å². The van der Waals surface area contributed by atoms with Crippen LogP contribution in [-0.2, 0) is 19.6 Å². The molecule has 10 heteroatoms. The van der Waals surface area contributed by atoms with Crippen molar-refractivity contribution in [1.82, 2.24) is 9.46 Å². The highest BCUT2D eigenvalue weighted by atomic mass is 32.2. The van der Waals surface area contributed by atoms with Crippen molar-refractivity contribution < 1.29 is 22.5 Å². The van der Waals surface area contributed by atoms with E-state index < -0.39 is 15.9 Å². The summed E-state index contributed by atoms with van der Waals surface area (Å²) in [5, 5.41) is 8.81. The largest absolute Gasteiger partial charge is 0.360 e. The molecule has 1 aromatic heterocycles. The van der Waals surface area contributed by atoms with Gasteiger partial charge in [0.2, 0.25) is 21.8 Å². The Balaban J connectivity index is 2.19. The van der Waals surface area contributed by atoms with Crippen LogP contribution < -0.4 is 10.6 Å². The van der Waals surface area contributed by atoms with Crippen LogP contribution in [0.5, 0.6) is 0 Å². The molecule has 158 valence electrons. The van der Waals surface area contributed by atoms with E-state index in [0.29, 0.717) is 17.9 Å². The fraction of sp³-hybridized carbons (Fsp3) is 0.421. The molecule has 0 spiro atoms. The lowest BCUT2D eigenvalue weighted by Gasteiger charge is -2.22. The van der Waals surface area contributed by atoms with Crippen molar-refractivity contribution in [2.24, 2.45) is 5.92 Å². The normalized spacial score (nSPS) is 11.7. The Bertz CT molecular complexity index is 951. The zero-order valence-corrected chi connectivity index (χ0v) is 17.7. The maximum absolute atomic E-state index is 13.1. The van der Waals surface area contributed by atoms with Crippen molar-refractivity contribution in [2.75, 3.05) is 23.7 Å². The number of amides is 2. The molecule has 0 radical (unpaired) electrons. The number of anilines is 2. The first-order valence-corrected chi connectivity index (χ1v) is 10.6. The molecule has 2 amide bonds. The monoisotopic (exact) mass is 422 g/mol. The molecule has 0 unspecified atom stereocenters. The number of aryl methyl sites for hydroxylation is 1. The predicted octanol–water partition coefficient (Wildman–Crippen LogP) is 2.62. The standard InChI is InChI=1S/C19H26N4O5S/c1-13(2)9-10-23(12-19(25)21-18-11-14(3)28-22-18)29(26,27)17-7-5-16(6-8-17)20-15(4)24/h5-8,11,13H,9-10,12H2,1-4H3,(H,20,24)(H,21,22,25). The first-order valence-electron chi connectivity index (χ1n) is 9.19. The molecule has 9 nitrogen and oxygen atoms in total. The Kier molecular flexibility index (Phi) is 7.52. The van der Waals surface area contributed by atoms with E-state index in [9.17, 15) is 18.0 Å². The van der Waals surface area contributed by atoms with Crippen LogP contribution >= 0.6 is 0 Å². The number of aromatic nitrogens is 1. The smallest absolute Gasteiger partial charge is 0.243 e. The van der Waals surface area contributed by atoms with Gasteiger partial charge in [0.25, 0.3) is 0 Å². The Labute approximate surface area is 170 Å². The second-order valence-corrected chi connectivity index (χ2v) is 9.04. The van der Waals surface area contributed by atoms with Gasteiger partial charge in [0, 0.05) is 25.2 Å². The van der Waals surface area contributed by atoms with Crippen molar-refractivity contribution >= 4 is 33.3 Å². The van der Waals surface area contributed by atoms with Crippen LogP contribution in [0.3, 0.4) is 0 Å². The van der Waals surface area contributed by atoms with Gasteiger partial charge in [0.05, 0.1) is 11.4 Å². The quantitative estimate of drug-likeness (QED) is 0.641. The first-order chi connectivity index (χ1) is 13.6. The molecule has 2 rings (SSSR count). The third-order valence-corrected chi connectivity index (χ3v) is 5.84. The van der Waals surface area contributed by atoms with E-state index in [0.717, 1.165) is 4.31 Å². The maximum Gasteiger partial charge on any atom is 0.243 e. The lowest BCUT2D eigenvalue weighted by Crippen LogP contribution is -2.39. The van der Waals surface area contributed by atoms with Crippen molar-refractivity contribution in [3.05, 3.63) is 36.1 Å².